The molecular weight excluding hydrogens is 360 g/mol. The Morgan fingerprint density at radius 3 is 3.00 bits per heavy atom. The smallest absolute Gasteiger partial charge is 0.356 e. The summed E-state index contributed by atoms with van der Waals surface area (Å²) in [6, 6.07) is 3.68. The van der Waals surface area contributed by atoms with Gasteiger partial charge in [0.15, 0.2) is 5.69 Å². The van der Waals surface area contributed by atoms with Gasteiger partial charge in [-0.05, 0) is 40.5 Å². The molecule has 0 bridgehead atoms. The van der Waals surface area contributed by atoms with Gasteiger partial charge in [-0.1, -0.05) is 11.6 Å². The van der Waals surface area contributed by atoms with E-state index < -0.39 is 5.97 Å². The first-order valence-corrected chi connectivity index (χ1v) is 7.54. The second-order valence-electron chi connectivity index (χ2n) is 4.85. The van der Waals surface area contributed by atoms with Crippen molar-refractivity contribution in [1.82, 2.24) is 9.78 Å². The molecular formula is C14H12BrClN2O3. The summed E-state index contributed by atoms with van der Waals surface area (Å²) in [6.45, 7) is 2.73. The van der Waals surface area contributed by atoms with Gasteiger partial charge >= 0.3 is 5.97 Å². The molecule has 5 nitrogen and oxygen atoms in total. The van der Waals surface area contributed by atoms with E-state index in [1.54, 1.807) is 10.7 Å². The molecule has 0 fully saturated rings. The quantitative estimate of drug-likeness (QED) is 0.879. The summed E-state index contributed by atoms with van der Waals surface area (Å²) >= 11 is 9.68. The van der Waals surface area contributed by atoms with E-state index in [1.807, 2.05) is 13.0 Å². The van der Waals surface area contributed by atoms with E-state index in [1.165, 1.54) is 0 Å². The Morgan fingerprint density at radius 1 is 1.52 bits per heavy atom. The van der Waals surface area contributed by atoms with Gasteiger partial charge in [0.05, 0.1) is 24.6 Å². The van der Waals surface area contributed by atoms with Crippen LogP contribution in [0.2, 0.25) is 5.02 Å². The Hall–Kier alpha value is -1.37. The lowest BCUT2D eigenvalue weighted by molar-refractivity contribution is 0.0677. The van der Waals surface area contributed by atoms with Crippen LogP contribution in [-0.4, -0.2) is 27.5 Å². The number of ether oxygens (including phenoxy) is 1. The van der Waals surface area contributed by atoms with E-state index >= 15 is 0 Å². The highest BCUT2D eigenvalue weighted by molar-refractivity contribution is 9.10. The first-order chi connectivity index (χ1) is 9.99. The maximum absolute atomic E-state index is 11.4. The molecule has 0 aliphatic carbocycles. The average molecular weight is 372 g/mol. The Kier molecular flexibility index (Phi) is 3.77. The van der Waals surface area contributed by atoms with Gasteiger partial charge in [-0.15, -0.1) is 0 Å². The number of aryl methyl sites for hydroxylation is 1. The first-order valence-electron chi connectivity index (χ1n) is 6.37. The number of benzene rings is 1. The standard InChI is InChI=1S/C14H12BrClN2O3/c1-7-4-9(15)12(5-10(7)16)18-11-2-3-21-6-8(11)13(17-18)14(19)20/h4-5H,2-3,6H2,1H3,(H,19,20). The second-order valence-corrected chi connectivity index (χ2v) is 6.11. The maximum atomic E-state index is 11.4. The number of carbonyl (C=O) groups is 1. The molecule has 1 N–H and O–H groups in total. The minimum atomic E-state index is -1.05. The summed E-state index contributed by atoms with van der Waals surface area (Å²) in [5.41, 5.74) is 3.20. The molecule has 2 heterocycles. The molecule has 21 heavy (non-hydrogen) atoms. The summed E-state index contributed by atoms with van der Waals surface area (Å²) in [7, 11) is 0. The molecule has 0 radical (unpaired) electrons. The minimum Gasteiger partial charge on any atom is -0.476 e. The highest BCUT2D eigenvalue weighted by Gasteiger charge is 2.26. The Morgan fingerprint density at radius 2 is 2.29 bits per heavy atom. The van der Waals surface area contributed by atoms with Gasteiger partial charge in [-0.25, -0.2) is 9.48 Å². The van der Waals surface area contributed by atoms with Crippen molar-refractivity contribution < 1.29 is 14.6 Å². The molecule has 3 rings (SSSR count). The second kappa shape index (κ2) is 5.44. The number of fused-ring (bicyclic) bond motifs is 1. The minimum absolute atomic E-state index is 0.0355. The SMILES string of the molecule is Cc1cc(Br)c(-n2nc(C(=O)O)c3c2CCOC3)cc1Cl. The number of aromatic nitrogens is 2. The highest BCUT2D eigenvalue weighted by atomic mass is 79.9. The van der Waals surface area contributed by atoms with E-state index in [-0.39, 0.29) is 12.3 Å². The van der Waals surface area contributed by atoms with Crippen LogP contribution < -0.4 is 0 Å². The van der Waals surface area contributed by atoms with Gasteiger partial charge in [0.25, 0.3) is 0 Å². The summed E-state index contributed by atoms with van der Waals surface area (Å²) in [6.07, 6.45) is 0.619. The molecule has 0 spiro atoms. The first kappa shape index (κ1) is 14.6. The monoisotopic (exact) mass is 370 g/mol. The van der Waals surface area contributed by atoms with Crippen molar-refractivity contribution in [2.75, 3.05) is 6.61 Å². The lowest BCUT2D eigenvalue weighted by Gasteiger charge is -2.16. The van der Waals surface area contributed by atoms with Gasteiger partial charge < -0.3 is 9.84 Å². The Labute approximate surface area is 134 Å². The number of halogens is 2. The molecule has 0 saturated heterocycles. The molecule has 0 amide bonds. The normalized spacial score (nSPS) is 14.0. The van der Waals surface area contributed by atoms with Crippen LogP contribution in [-0.2, 0) is 17.8 Å². The van der Waals surface area contributed by atoms with Crippen molar-refractivity contribution in [1.29, 1.82) is 0 Å². The number of carboxylic acids is 1. The molecule has 1 aromatic carbocycles. The fourth-order valence-corrected chi connectivity index (χ4v) is 3.19. The van der Waals surface area contributed by atoms with E-state index in [0.29, 0.717) is 23.6 Å². The number of hydrogen-bond donors (Lipinski definition) is 1. The van der Waals surface area contributed by atoms with Gasteiger partial charge in [0.1, 0.15) is 0 Å². The van der Waals surface area contributed by atoms with E-state index in [0.717, 1.165) is 21.4 Å². The maximum Gasteiger partial charge on any atom is 0.356 e. The van der Waals surface area contributed by atoms with E-state index in [9.17, 15) is 9.90 Å². The zero-order valence-electron chi connectivity index (χ0n) is 11.2. The van der Waals surface area contributed by atoms with Crippen molar-refractivity contribution in [3.8, 4) is 5.69 Å². The third-order valence-electron chi connectivity index (χ3n) is 3.48. The zero-order chi connectivity index (χ0) is 15.1. The largest absolute Gasteiger partial charge is 0.476 e. The van der Waals surface area contributed by atoms with Crippen molar-refractivity contribution >= 4 is 33.5 Å². The molecule has 7 heteroatoms. The molecule has 0 atom stereocenters. The van der Waals surface area contributed by atoms with Crippen molar-refractivity contribution in [2.45, 2.75) is 20.0 Å². The summed E-state index contributed by atoms with van der Waals surface area (Å²) in [5.74, 6) is -1.05. The van der Waals surface area contributed by atoms with Gasteiger partial charge in [-0.3, -0.25) is 0 Å². The lowest BCUT2D eigenvalue weighted by Crippen LogP contribution is -2.14. The fourth-order valence-electron chi connectivity index (χ4n) is 2.41. The van der Waals surface area contributed by atoms with E-state index in [2.05, 4.69) is 21.0 Å². The molecule has 110 valence electrons. The number of rotatable bonds is 2. The molecule has 0 saturated carbocycles. The van der Waals surface area contributed by atoms with Gasteiger partial charge in [0.2, 0.25) is 0 Å². The number of carboxylic acid groups (broad SMARTS) is 1. The average Bonchev–Trinajstić information content (AvgIpc) is 2.82. The van der Waals surface area contributed by atoms with Crippen LogP contribution in [0.15, 0.2) is 16.6 Å². The van der Waals surface area contributed by atoms with Crippen molar-refractivity contribution in [2.24, 2.45) is 0 Å². The lowest BCUT2D eigenvalue weighted by atomic mass is 10.1. The molecule has 1 aliphatic rings. The number of aromatic carboxylic acids is 1. The topological polar surface area (TPSA) is 64.4 Å². The number of hydrogen-bond acceptors (Lipinski definition) is 3. The summed E-state index contributed by atoms with van der Waals surface area (Å²) < 4.78 is 7.82. The van der Waals surface area contributed by atoms with Crippen LogP contribution in [0, 0.1) is 6.92 Å². The highest BCUT2D eigenvalue weighted by Crippen LogP contribution is 2.31. The van der Waals surface area contributed by atoms with Crippen molar-refractivity contribution in [3.05, 3.63) is 44.1 Å². The molecule has 2 aromatic rings. The Bertz CT molecular complexity index is 742. The van der Waals surface area contributed by atoms with Crippen LogP contribution in [0.1, 0.15) is 27.3 Å². The van der Waals surface area contributed by atoms with Crippen LogP contribution in [0.3, 0.4) is 0 Å². The van der Waals surface area contributed by atoms with Gasteiger partial charge in [-0.2, -0.15) is 5.10 Å². The summed E-state index contributed by atoms with van der Waals surface area (Å²) in [4.78, 5) is 11.4. The third-order valence-corrected chi connectivity index (χ3v) is 4.52. The molecule has 1 aliphatic heterocycles. The fraction of sp³-hybridized carbons (Fsp3) is 0.286. The summed E-state index contributed by atoms with van der Waals surface area (Å²) in [5, 5.41) is 14.2. The van der Waals surface area contributed by atoms with Crippen LogP contribution in [0.25, 0.3) is 5.69 Å². The number of nitrogens with zero attached hydrogens (tertiary/aromatic N) is 2. The predicted molar refractivity (Wildman–Crippen MR) is 81.3 cm³/mol. The molecule has 1 aromatic heterocycles. The van der Waals surface area contributed by atoms with Crippen LogP contribution in [0.5, 0.6) is 0 Å². The van der Waals surface area contributed by atoms with Gasteiger partial charge in [0, 0.05) is 21.5 Å². The van der Waals surface area contributed by atoms with Crippen LogP contribution >= 0.6 is 27.5 Å². The Balaban J connectivity index is 2.24. The zero-order valence-corrected chi connectivity index (χ0v) is 13.5. The van der Waals surface area contributed by atoms with Crippen LogP contribution in [0.4, 0.5) is 0 Å². The third kappa shape index (κ3) is 2.47. The van der Waals surface area contributed by atoms with Crippen molar-refractivity contribution in [3.63, 3.8) is 0 Å². The predicted octanol–water partition coefficient (Wildman–Crippen LogP) is 3.37. The van der Waals surface area contributed by atoms with E-state index in [4.69, 9.17) is 16.3 Å². The molecule has 0 unspecified atom stereocenters.